The van der Waals surface area contributed by atoms with E-state index in [4.69, 9.17) is 15.2 Å². The molecule has 96 valence electrons. The molecule has 0 aliphatic heterocycles. The van der Waals surface area contributed by atoms with Crippen molar-refractivity contribution in [1.29, 1.82) is 0 Å². The summed E-state index contributed by atoms with van der Waals surface area (Å²) < 4.78 is 23.5. The van der Waals surface area contributed by atoms with Crippen molar-refractivity contribution in [1.82, 2.24) is 0 Å². The Morgan fingerprint density at radius 3 is 2.41 bits per heavy atom. The van der Waals surface area contributed by atoms with Crippen LogP contribution in [0.4, 0.5) is 4.39 Å². The molecular formula is C13H20FNO2. The molecule has 0 saturated heterocycles. The average molecular weight is 241 g/mol. The SMILES string of the molecule is COCCCOC(c1ccc(F)cc1)C(C)N. The third-order valence-electron chi connectivity index (χ3n) is 2.47. The zero-order chi connectivity index (χ0) is 12.7. The number of nitrogens with two attached hydrogens (primary N) is 1. The van der Waals surface area contributed by atoms with Crippen LogP contribution in [0.3, 0.4) is 0 Å². The molecule has 1 aromatic rings. The van der Waals surface area contributed by atoms with Crippen LogP contribution >= 0.6 is 0 Å². The van der Waals surface area contributed by atoms with Gasteiger partial charge in [0, 0.05) is 26.4 Å². The fourth-order valence-corrected chi connectivity index (χ4v) is 1.62. The molecule has 2 N–H and O–H groups in total. The minimum atomic E-state index is -0.253. The second-order valence-electron chi connectivity index (χ2n) is 4.05. The Kier molecular flexibility index (Phi) is 6.11. The van der Waals surface area contributed by atoms with Crippen molar-refractivity contribution >= 4 is 0 Å². The topological polar surface area (TPSA) is 44.5 Å². The molecule has 0 amide bonds. The van der Waals surface area contributed by atoms with Gasteiger partial charge in [-0.25, -0.2) is 4.39 Å². The summed E-state index contributed by atoms with van der Waals surface area (Å²) in [5.74, 6) is -0.253. The highest BCUT2D eigenvalue weighted by Crippen LogP contribution is 2.20. The first-order chi connectivity index (χ1) is 8.15. The Morgan fingerprint density at radius 2 is 1.88 bits per heavy atom. The Labute approximate surface area is 102 Å². The summed E-state index contributed by atoms with van der Waals surface area (Å²) in [6.45, 7) is 3.12. The van der Waals surface area contributed by atoms with Crippen molar-refractivity contribution in [3.8, 4) is 0 Å². The molecule has 2 atom stereocenters. The monoisotopic (exact) mass is 241 g/mol. The van der Waals surface area contributed by atoms with Crippen molar-refractivity contribution in [3.05, 3.63) is 35.6 Å². The highest BCUT2D eigenvalue weighted by atomic mass is 19.1. The Bertz CT molecular complexity index is 314. The van der Waals surface area contributed by atoms with Gasteiger partial charge in [-0.05, 0) is 31.0 Å². The Morgan fingerprint density at radius 1 is 1.24 bits per heavy atom. The van der Waals surface area contributed by atoms with Gasteiger partial charge in [0.2, 0.25) is 0 Å². The standard InChI is InChI=1S/C13H20FNO2/c1-10(15)13(17-9-3-8-16-2)11-4-6-12(14)7-5-11/h4-7,10,13H,3,8-9,15H2,1-2H3. The van der Waals surface area contributed by atoms with Crippen LogP contribution < -0.4 is 5.73 Å². The number of ether oxygens (including phenoxy) is 2. The second kappa shape index (κ2) is 7.37. The Hall–Kier alpha value is -0.970. The van der Waals surface area contributed by atoms with Crippen molar-refractivity contribution in [2.75, 3.05) is 20.3 Å². The number of hydrogen-bond acceptors (Lipinski definition) is 3. The summed E-state index contributed by atoms with van der Waals surface area (Å²) in [6, 6.07) is 6.12. The summed E-state index contributed by atoms with van der Waals surface area (Å²) in [5, 5.41) is 0. The molecule has 1 rings (SSSR count). The van der Waals surface area contributed by atoms with Gasteiger partial charge in [0.15, 0.2) is 0 Å². The van der Waals surface area contributed by atoms with Gasteiger partial charge in [-0.15, -0.1) is 0 Å². The highest BCUT2D eigenvalue weighted by Gasteiger charge is 2.16. The fraction of sp³-hybridized carbons (Fsp3) is 0.538. The first-order valence-electron chi connectivity index (χ1n) is 5.76. The summed E-state index contributed by atoms with van der Waals surface area (Å²) in [4.78, 5) is 0. The maximum atomic E-state index is 12.8. The second-order valence-corrected chi connectivity index (χ2v) is 4.05. The van der Waals surface area contributed by atoms with Gasteiger partial charge in [-0.1, -0.05) is 12.1 Å². The van der Waals surface area contributed by atoms with Crippen LogP contribution in [0, 0.1) is 5.82 Å². The summed E-state index contributed by atoms with van der Waals surface area (Å²) in [5.41, 5.74) is 6.77. The molecule has 0 spiro atoms. The van der Waals surface area contributed by atoms with Crippen molar-refractivity contribution in [2.24, 2.45) is 5.73 Å². The van der Waals surface area contributed by atoms with Crippen LogP contribution in [-0.4, -0.2) is 26.4 Å². The molecule has 17 heavy (non-hydrogen) atoms. The molecule has 2 unspecified atom stereocenters. The van der Waals surface area contributed by atoms with Crippen LogP contribution in [-0.2, 0) is 9.47 Å². The van der Waals surface area contributed by atoms with E-state index in [-0.39, 0.29) is 18.0 Å². The molecule has 3 nitrogen and oxygen atoms in total. The van der Waals surface area contributed by atoms with Crippen molar-refractivity contribution < 1.29 is 13.9 Å². The molecule has 0 aromatic heterocycles. The molecule has 0 fully saturated rings. The lowest BCUT2D eigenvalue weighted by atomic mass is 10.0. The fourth-order valence-electron chi connectivity index (χ4n) is 1.62. The van der Waals surface area contributed by atoms with Gasteiger partial charge < -0.3 is 15.2 Å². The van der Waals surface area contributed by atoms with Gasteiger partial charge in [-0.3, -0.25) is 0 Å². The lowest BCUT2D eigenvalue weighted by Crippen LogP contribution is -2.27. The van der Waals surface area contributed by atoms with Gasteiger partial charge in [0.25, 0.3) is 0 Å². The van der Waals surface area contributed by atoms with Gasteiger partial charge in [-0.2, -0.15) is 0 Å². The maximum absolute atomic E-state index is 12.8. The third-order valence-corrected chi connectivity index (χ3v) is 2.47. The largest absolute Gasteiger partial charge is 0.385 e. The van der Waals surface area contributed by atoms with Crippen LogP contribution in [0.15, 0.2) is 24.3 Å². The molecule has 0 bridgehead atoms. The van der Waals surface area contributed by atoms with E-state index in [1.807, 2.05) is 6.92 Å². The van der Waals surface area contributed by atoms with E-state index in [0.717, 1.165) is 12.0 Å². The van der Waals surface area contributed by atoms with E-state index in [0.29, 0.717) is 13.2 Å². The molecule has 0 heterocycles. The lowest BCUT2D eigenvalue weighted by molar-refractivity contribution is 0.0264. The zero-order valence-corrected chi connectivity index (χ0v) is 10.4. The van der Waals surface area contributed by atoms with Crippen molar-refractivity contribution in [2.45, 2.75) is 25.5 Å². The number of methoxy groups -OCH3 is 1. The smallest absolute Gasteiger partial charge is 0.123 e. The quantitative estimate of drug-likeness (QED) is 0.745. The normalized spacial score (nSPS) is 14.6. The van der Waals surface area contributed by atoms with E-state index in [2.05, 4.69) is 0 Å². The number of benzene rings is 1. The predicted molar refractivity (Wildman–Crippen MR) is 65.2 cm³/mol. The predicted octanol–water partition coefficient (Wildman–Crippen LogP) is 2.27. The minimum absolute atomic E-state index is 0.136. The van der Waals surface area contributed by atoms with Crippen LogP contribution in [0.5, 0.6) is 0 Å². The summed E-state index contributed by atoms with van der Waals surface area (Å²) in [7, 11) is 1.66. The van der Waals surface area contributed by atoms with Gasteiger partial charge >= 0.3 is 0 Å². The molecule has 0 radical (unpaired) electrons. The van der Waals surface area contributed by atoms with E-state index in [9.17, 15) is 4.39 Å². The molecule has 4 heteroatoms. The summed E-state index contributed by atoms with van der Waals surface area (Å²) in [6.07, 6.45) is 0.619. The lowest BCUT2D eigenvalue weighted by Gasteiger charge is -2.21. The Balaban J connectivity index is 2.56. The van der Waals surface area contributed by atoms with Crippen molar-refractivity contribution in [3.63, 3.8) is 0 Å². The minimum Gasteiger partial charge on any atom is -0.385 e. The van der Waals surface area contributed by atoms with Crippen LogP contribution in [0.25, 0.3) is 0 Å². The molecular weight excluding hydrogens is 221 g/mol. The number of hydrogen-bond donors (Lipinski definition) is 1. The first-order valence-corrected chi connectivity index (χ1v) is 5.76. The third kappa shape index (κ3) is 4.81. The number of rotatable bonds is 7. The average Bonchev–Trinajstić information content (AvgIpc) is 2.30. The molecule has 1 aromatic carbocycles. The molecule has 0 aliphatic rings. The molecule has 0 saturated carbocycles. The summed E-state index contributed by atoms with van der Waals surface area (Å²) >= 11 is 0. The first kappa shape index (κ1) is 14.1. The van der Waals surface area contributed by atoms with Gasteiger partial charge in [0.05, 0.1) is 6.10 Å². The number of halogens is 1. The molecule has 0 aliphatic carbocycles. The van der Waals surface area contributed by atoms with E-state index >= 15 is 0 Å². The van der Waals surface area contributed by atoms with Crippen LogP contribution in [0.1, 0.15) is 25.0 Å². The van der Waals surface area contributed by atoms with Crippen LogP contribution in [0.2, 0.25) is 0 Å². The zero-order valence-electron chi connectivity index (χ0n) is 10.4. The highest BCUT2D eigenvalue weighted by molar-refractivity contribution is 5.19. The van der Waals surface area contributed by atoms with E-state index in [1.54, 1.807) is 19.2 Å². The van der Waals surface area contributed by atoms with E-state index in [1.165, 1.54) is 12.1 Å². The maximum Gasteiger partial charge on any atom is 0.123 e. The van der Waals surface area contributed by atoms with E-state index < -0.39 is 0 Å². The van der Waals surface area contributed by atoms with Gasteiger partial charge in [0.1, 0.15) is 5.82 Å².